The first-order chi connectivity index (χ1) is 43.1. The molecule has 33 rings (SSSR count). The van der Waals surface area contributed by atoms with Gasteiger partial charge in [0.1, 0.15) is 5.41 Å². The number of fused-ring (bicyclic) bond motifs is 4. The zero-order valence-corrected chi connectivity index (χ0v) is 48.0. The van der Waals surface area contributed by atoms with Gasteiger partial charge in [0.15, 0.2) is 5.78 Å². The van der Waals surface area contributed by atoms with Crippen LogP contribution in [-0.2, 0) is 38.0 Å². The number of carbonyl (C=O) groups excluding carboxylic acids is 2. The number of nitrogens with zero attached hydrogens (tertiary/aromatic N) is 2. The van der Waals surface area contributed by atoms with E-state index in [1.54, 1.807) is 0 Å². The average Bonchev–Trinajstić information content (AvgIpc) is 1.39. The predicted molar refractivity (Wildman–Crippen MR) is 359 cm³/mol. The number of ketones is 2. The Morgan fingerprint density at radius 2 is 0.567 bits per heavy atom. The molecule has 0 bridgehead atoms. The number of pyridine rings is 2. The molecule has 90 heavy (non-hydrogen) atoms. The number of aromatic nitrogens is 2. The summed E-state index contributed by atoms with van der Waals surface area (Å²) >= 11 is 0. The van der Waals surface area contributed by atoms with Gasteiger partial charge in [-0.1, -0.05) is 65.8 Å². The van der Waals surface area contributed by atoms with Gasteiger partial charge in [-0.25, -0.2) is 0 Å². The van der Waals surface area contributed by atoms with Gasteiger partial charge in [-0.2, -0.15) is 0 Å². The number of ether oxygens (including phenoxy) is 1. The summed E-state index contributed by atoms with van der Waals surface area (Å²) in [6.45, 7) is 13.3. The number of allylic oxidation sites excluding steroid dienone is 2. The second kappa shape index (κ2) is 9.64. The molecule has 6 aliphatic rings. The lowest BCUT2D eigenvalue weighted by molar-refractivity contribution is -0.300. The number of benzene rings is 17. The Labute approximate surface area is 497 Å². The highest BCUT2D eigenvalue weighted by atomic mass is 19.0. The van der Waals surface area contributed by atoms with Gasteiger partial charge in [0.25, 0.3) is 5.79 Å². The topological polar surface area (TPSA) is 110 Å². The summed E-state index contributed by atoms with van der Waals surface area (Å²) in [6.07, 6.45) is 4.56. The molecule has 404 valence electrons. The van der Waals surface area contributed by atoms with Crippen LogP contribution in [0.2, 0.25) is 0 Å². The van der Waals surface area contributed by atoms with E-state index in [2.05, 4.69) is 90.1 Å². The highest BCUT2D eigenvalue weighted by molar-refractivity contribution is 6.80. The summed E-state index contributed by atoms with van der Waals surface area (Å²) in [5.74, 6) is -5.97. The minimum atomic E-state index is -2.72. The molecule has 0 amide bonds. The molecular weight excluding hydrogens is 1110 g/mol. The van der Waals surface area contributed by atoms with Gasteiger partial charge in [0.05, 0.1) is 16.8 Å². The molecule has 25 aromatic carbocycles. The first-order valence-electron chi connectivity index (χ1n) is 32.1. The Balaban J connectivity index is 0.00000444. The van der Waals surface area contributed by atoms with Gasteiger partial charge in [-0.3, -0.25) is 29.0 Å². The van der Waals surface area contributed by atoms with Gasteiger partial charge in [-0.05, 0) is 256 Å². The van der Waals surface area contributed by atoms with Crippen molar-refractivity contribution in [1.29, 1.82) is 0 Å². The normalized spacial score (nSPS) is 24.0. The molecule has 2 N–H and O–H groups in total. The third-order valence-electron chi connectivity index (χ3n) is 28.0. The summed E-state index contributed by atoms with van der Waals surface area (Å²) in [5.41, 5.74) is 4.48. The number of hydrogen-bond acceptors (Lipinski definition) is 7. The maximum Gasteiger partial charge on any atom is 0.263 e. The molecule has 0 saturated heterocycles. The summed E-state index contributed by atoms with van der Waals surface area (Å²) < 4.78 is 7.86. The van der Waals surface area contributed by atoms with Crippen LogP contribution in [0.4, 0.5) is 4.70 Å². The van der Waals surface area contributed by atoms with E-state index in [0.29, 0.717) is 33.5 Å². The van der Waals surface area contributed by atoms with Crippen molar-refractivity contribution >= 4 is 270 Å². The number of rotatable bonds is 2. The SMILES string of the molecule is CC(C)(C)c1cccc(C23C=CC4(c5cccc(C(C)(C)C)n5)c5c6c7c8c9c%10c%11c%12c%13c(c(c%14c%15c2c4c2c4c5c5c7c7c9c9c%10c%10c%12c%12c%16c%13c%14c%13c%14c%15c2c2c%15c4c4c5c7c5c9c7c%10c%12c9c(c%13%16)c(c%142)c2c%15c4c5c7c92)C3=O)C%11(O)OC8(O)C6=O)n1.F. The summed E-state index contributed by atoms with van der Waals surface area (Å²) in [6, 6.07) is 12.8. The van der Waals surface area contributed by atoms with E-state index in [0.717, 1.165) is 125 Å². The monoisotopic (exact) mass is 1140 g/mol. The number of carbonyl (C=O) groups is 2. The molecule has 5 aliphatic carbocycles. The third-order valence-corrected chi connectivity index (χ3v) is 28.0. The maximum atomic E-state index is 18.7. The Bertz CT molecular complexity index is 8440. The lowest BCUT2D eigenvalue weighted by Crippen LogP contribution is -2.48. The molecule has 4 unspecified atom stereocenters. The highest BCUT2D eigenvalue weighted by Gasteiger charge is 2.68. The Morgan fingerprint density at radius 3 is 0.967 bits per heavy atom. The summed E-state index contributed by atoms with van der Waals surface area (Å²) in [7, 11) is 0. The Morgan fingerprint density at radius 1 is 0.300 bits per heavy atom. The maximum absolute atomic E-state index is 18.7. The van der Waals surface area contributed by atoms with Gasteiger partial charge < -0.3 is 10.2 Å². The van der Waals surface area contributed by atoms with Crippen LogP contribution in [0.1, 0.15) is 118 Å². The lowest BCUT2D eigenvalue weighted by Gasteiger charge is -2.49. The van der Waals surface area contributed by atoms with Crippen LogP contribution in [0.5, 0.6) is 0 Å². The van der Waals surface area contributed by atoms with Gasteiger partial charge in [-0.15, -0.1) is 0 Å². The number of Topliss-reactive ketones (excluding diaryl/α,β-unsaturated/α-hetero) is 2. The fourth-order valence-electron chi connectivity index (χ4n) is 26.3. The van der Waals surface area contributed by atoms with E-state index >= 15 is 19.8 Å². The van der Waals surface area contributed by atoms with Gasteiger partial charge in [0, 0.05) is 93.1 Å². The minimum Gasteiger partial charge on any atom is -0.358 e. The zero-order valence-electron chi connectivity index (χ0n) is 48.0. The molecule has 7 nitrogen and oxygen atoms in total. The van der Waals surface area contributed by atoms with Crippen molar-refractivity contribution in [2.45, 2.75) is 74.8 Å². The van der Waals surface area contributed by atoms with Crippen molar-refractivity contribution < 1.29 is 29.2 Å². The van der Waals surface area contributed by atoms with Gasteiger partial charge in [0.2, 0.25) is 11.6 Å². The van der Waals surface area contributed by atoms with Crippen molar-refractivity contribution in [3.63, 3.8) is 0 Å². The number of aliphatic hydroxyl groups is 2. The van der Waals surface area contributed by atoms with E-state index < -0.39 is 33.6 Å². The molecule has 2 aromatic heterocycles. The fourth-order valence-corrected chi connectivity index (χ4v) is 26.3. The van der Waals surface area contributed by atoms with Crippen LogP contribution in [0.3, 0.4) is 0 Å². The second-order valence-electron chi connectivity index (χ2n) is 32.3. The summed E-state index contributed by atoms with van der Waals surface area (Å²) in [4.78, 5) is 48.5. The molecule has 0 radical (unpaired) electrons. The number of hydrogen-bond donors (Lipinski definition) is 2. The standard InChI is InChI=1S/C82H28N2O5.FH/c1-77(2,3)15-9-7-11-17(83-15)79-13-14-80(18-12-8-10-16(84-18)78(4,5)6)74-61-55-41-34-25-21-19-20-22-26-27(21)36-40(34)54(55)60(73(74)79)57-44(36)35(26)39-37-29(22)32-28(20)33-30-23(19)24(25)31-38(41)48-50-43(31)42(30)49-45(33)51-46(32)52-47(37)56-53(39)59(57)69(79)68-66(56)71-64(52)62(51)70-63(49)65(50)72(67(58(48)61)75(80)85)81(70,87)89-82(71,88)76(68)86;/h7-14,87-88H,1-6H3;1H. The van der Waals surface area contributed by atoms with Crippen LogP contribution in [-0.4, -0.2) is 31.7 Å². The first kappa shape index (κ1) is 40.5. The molecule has 27 aromatic rings. The van der Waals surface area contributed by atoms with Crippen molar-refractivity contribution in [2.75, 3.05) is 0 Å². The average molecular weight is 1140 g/mol. The van der Waals surface area contributed by atoms with E-state index in [1.807, 2.05) is 0 Å². The van der Waals surface area contributed by atoms with Crippen LogP contribution in [0.25, 0.3) is 259 Å². The Hall–Kier alpha value is -10.1. The molecule has 0 saturated carbocycles. The predicted octanol–water partition coefficient (Wildman–Crippen LogP) is 18.5. The first-order valence-corrected chi connectivity index (χ1v) is 32.1. The zero-order chi connectivity index (χ0) is 56.6. The smallest absolute Gasteiger partial charge is 0.263 e. The molecule has 4 atom stereocenters. The van der Waals surface area contributed by atoms with E-state index in [4.69, 9.17) is 14.7 Å². The van der Waals surface area contributed by atoms with Crippen LogP contribution in [0, 0.1) is 0 Å². The summed E-state index contributed by atoms with van der Waals surface area (Å²) in [5, 5.41) is 88.9. The second-order valence-corrected chi connectivity index (χ2v) is 32.3. The Kier molecular flexibility index (Phi) is 4.33. The fraction of sp³-hybridized carbons (Fsp3) is 0.146. The lowest BCUT2D eigenvalue weighted by atomic mass is 9.52. The van der Waals surface area contributed by atoms with Crippen molar-refractivity contribution in [3.05, 3.63) is 116 Å². The van der Waals surface area contributed by atoms with E-state index in [9.17, 15) is 0 Å². The molecule has 8 heteroatoms. The van der Waals surface area contributed by atoms with Crippen molar-refractivity contribution in [2.24, 2.45) is 0 Å². The molecule has 0 fully saturated rings. The van der Waals surface area contributed by atoms with Crippen LogP contribution < -0.4 is 0 Å². The van der Waals surface area contributed by atoms with Crippen molar-refractivity contribution in [3.8, 4) is 0 Å². The highest BCUT2D eigenvalue weighted by Crippen LogP contribution is 2.81. The molecule has 1 aliphatic heterocycles. The number of halogens is 1. The molecule has 3 heterocycles. The molecule has 0 spiro atoms. The quantitative estimate of drug-likeness (QED) is 0.131. The van der Waals surface area contributed by atoms with E-state index in [1.165, 1.54) is 167 Å². The van der Waals surface area contributed by atoms with Gasteiger partial charge >= 0.3 is 0 Å². The minimum absolute atomic E-state index is 0. The van der Waals surface area contributed by atoms with Crippen LogP contribution in [0.15, 0.2) is 48.6 Å². The van der Waals surface area contributed by atoms with Crippen LogP contribution >= 0.6 is 0 Å². The van der Waals surface area contributed by atoms with Crippen molar-refractivity contribution in [1.82, 2.24) is 9.97 Å². The van der Waals surface area contributed by atoms with E-state index in [-0.39, 0.29) is 15.9 Å². The molecular formula is C82H29FN2O5. The largest absolute Gasteiger partial charge is 0.358 e. The third kappa shape index (κ3) is 2.58.